The summed E-state index contributed by atoms with van der Waals surface area (Å²) in [6.45, 7) is 3.16. The monoisotopic (exact) mass is 358 g/mol. The molecule has 1 heterocycles. The Bertz CT molecular complexity index is 721. The minimum atomic E-state index is -0.578. The quantitative estimate of drug-likeness (QED) is 0.831. The molecular weight excluding hydrogens is 336 g/mol. The molecule has 25 heavy (non-hydrogen) atoms. The van der Waals surface area contributed by atoms with E-state index in [1.165, 1.54) is 17.5 Å². The van der Waals surface area contributed by atoms with Crippen LogP contribution in [0.3, 0.4) is 0 Å². The minimum absolute atomic E-state index is 0.107. The number of benzene rings is 2. The highest BCUT2D eigenvalue weighted by atomic mass is 32.2. The van der Waals surface area contributed by atoms with Gasteiger partial charge in [0.15, 0.2) is 0 Å². The van der Waals surface area contributed by atoms with Crippen LogP contribution in [0.4, 0.5) is 11.4 Å². The van der Waals surface area contributed by atoms with Gasteiger partial charge in [-0.2, -0.15) is 0 Å². The summed E-state index contributed by atoms with van der Waals surface area (Å²) in [7, 11) is 0. The second-order valence-electron chi connectivity index (χ2n) is 5.93. The van der Waals surface area contributed by atoms with E-state index in [1.54, 1.807) is 24.3 Å². The van der Waals surface area contributed by atoms with Crippen molar-refractivity contribution < 1.29 is 14.6 Å². The Morgan fingerprint density at radius 3 is 2.80 bits per heavy atom. The van der Waals surface area contributed by atoms with Crippen molar-refractivity contribution in [2.45, 2.75) is 17.9 Å². The highest BCUT2D eigenvalue weighted by molar-refractivity contribution is 7.99. The fraction of sp³-hybridized carbons (Fsp3) is 0.316. The molecule has 0 spiro atoms. The molecule has 0 fully saturated rings. The lowest BCUT2D eigenvalue weighted by Crippen LogP contribution is -2.38. The van der Waals surface area contributed by atoms with Crippen molar-refractivity contribution in [3.05, 3.63) is 48.5 Å². The van der Waals surface area contributed by atoms with Crippen LogP contribution in [0, 0.1) is 0 Å². The molecule has 0 saturated heterocycles. The molecule has 1 atom stereocenters. The molecule has 3 rings (SSSR count). The molecule has 0 aromatic heterocycles. The van der Waals surface area contributed by atoms with Crippen molar-refractivity contribution in [3.63, 3.8) is 0 Å². The Labute approximate surface area is 152 Å². The van der Waals surface area contributed by atoms with Crippen molar-refractivity contribution in [2.75, 3.05) is 35.7 Å². The van der Waals surface area contributed by atoms with Gasteiger partial charge in [-0.3, -0.25) is 4.79 Å². The summed E-state index contributed by atoms with van der Waals surface area (Å²) in [5, 5.41) is 13.0. The van der Waals surface area contributed by atoms with E-state index in [2.05, 4.69) is 22.3 Å². The van der Waals surface area contributed by atoms with Gasteiger partial charge in [0, 0.05) is 36.3 Å². The first kappa shape index (κ1) is 17.6. The molecule has 1 aliphatic heterocycles. The number of anilines is 2. The molecule has 2 aromatic rings. The van der Waals surface area contributed by atoms with E-state index < -0.39 is 6.10 Å². The fourth-order valence-electron chi connectivity index (χ4n) is 2.75. The first-order valence-corrected chi connectivity index (χ1v) is 9.25. The zero-order valence-corrected chi connectivity index (χ0v) is 15.0. The molecule has 0 aliphatic carbocycles. The van der Waals surface area contributed by atoms with Gasteiger partial charge in [-0.25, -0.2) is 0 Å². The van der Waals surface area contributed by atoms with Crippen molar-refractivity contribution in [2.24, 2.45) is 0 Å². The van der Waals surface area contributed by atoms with Crippen molar-refractivity contribution in [1.82, 2.24) is 0 Å². The van der Waals surface area contributed by atoms with Gasteiger partial charge in [0.1, 0.15) is 18.5 Å². The lowest BCUT2D eigenvalue weighted by atomic mass is 10.2. The molecule has 5 nitrogen and oxygen atoms in total. The number of rotatable bonds is 6. The maximum Gasteiger partial charge on any atom is 0.221 e. The summed E-state index contributed by atoms with van der Waals surface area (Å²) in [6.07, 6.45) is -0.578. The average Bonchev–Trinajstić information content (AvgIpc) is 2.61. The number of fused-ring (bicyclic) bond motifs is 1. The van der Waals surface area contributed by atoms with E-state index in [4.69, 9.17) is 4.74 Å². The Balaban J connectivity index is 1.52. The number of nitrogens with one attached hydrogen (secondary N) is 1. The van der Waals surface area contributed by atoms with E-state index in [1.807, 2.05) is 23.9 Å². The number of aliphatic hydroxyl groups excluding tert-OH is 1. The van der Waals surface area contributed by atoms with E-state index in [-0.39, 0.29) is 12.5 Å². The third-order valence-electron chi connectivity index (χ3n) is 3.87. The molecule has 6 heteroatoms. The summed E-state index contributed by atoms with van der Waals surface area (Å²) in [4.78, 5) is 14.5. The van der Waals surface area contributed by atoms with Gasteiger partial charge in [0.2, 0.25) is 5.91 Å². The number of thioether (sulfide) groups is 1. The van der Waals surface area contributed by atoms with E-state index in [9.17, 15) is 9.90 Å². The fourth-order valence-corrected chi connectivity index (χ4v) is 3.81. The summed E-state index contributed by atoms with van der Waals surface area (Å²) >= 11 is 1.85. The van der Waals surface area contributed by atoms with E-state index >= 15 is 0 Å². The maximum absolute atomic E-state index is 11.0. The largest absolute Gasteiger partial charge is 0.491 e. The highest BCUT2D eigenvalue weighted by Crippen LogP contribution is 2.34. The molecule has 0 saturated carbocycles. The zero-order valence-electron chi connectivity index (χ0n) is 14.1. The molecule has 0 radical (unpaired) electrons. The number of hydrogen-bond acceptors (Lipinski definition) is 5. The van der Waals surface area contributed by atoms with Crippen molar-refractivity contribution >= 4 is 29.0 Å². The summed E-state index contributed by atoms with van der Waals surface area (Å²) in [6, 6.07) is 15.4. The molecule has 1 amide bonds. The number of β-amino-alcohol motifs (C(OH)–C–C–N with tert-alkyl or cyclic N) is 1. The number of ether oxygens (including phenoxy) is 1. The molecule has 0 bridgehead atoms. The van der Waals surface area contributed by atoms with Crippen LogP contribution in [0.15, 0.2) is 53.4 Å². The van der Waals surface area contributed by atoms with Gasteiger partial charge in [-0.05, 0) is 36.4 Å². The summed E-state index contributed by atoms with van der Waals surface area (Å²) < 4.78 is 5.66. The van der Waals surface area contributed by atoms with Crippen LogP contribution in [0.25, 0.3) is 0 Å². The molecule has 132 valence electrons. The maximum atomic E-state index is 11.0. The number of carbonyl (C=O) groups excluding carboxylic acids is 1. The lowest BCUT2D eigenvalue weighted by Gasteiger charge is -2.32. The predicted octanol–water partition coefficient (Wildman–Crippen LogP) is 3.00. The zero-order chi connectivity index (χ0) is 17.6. The minimum Gasteiger partial charge on any atom is -0.491 e. The van der Waals surface area contributed by atoms with Crippen LogP contribution in [-0.4, -0.2) is 42.6 Å². The second-order valence-corrected chi connectivity index (χ2v) is 7.07. The Morgan fingerprint density at radius 1 is 1.28 bits per heavy atom. The van der Waals surface area contributed by atoms with Crippen molar-refractivity contribution in [3.8, 4) is 5.75 Å². The molecule has 2 aromatic carbocycles. The van der Waals surface area contributed by atoms with Crippen LogP contribution < -0.4 is 15.0 Å². The number of carbonyl (C=O) groups is 1. The summed E-state index contributed by atoms with van der Waals surface area (Å²) in [5.74, 6) is 1.58. The van der Waals surface area contributed by atoms with E-state index in [0.717, 1.165) is 18.0 Å². The van der Waals surface area contributed by atoms with Crippen LogP contribution in [0.2, 0.25) is 0 Å². The van der Waals surface area contributed by atoms with Crippen molar-refractivity contribution in [1.29, 1.82) is 0 Å². The third kappa shape index (κ3) is 4.90. The van der Waals surface area contributed by atoms with Crippen LogP contribution in [0.1, 0.15) is 6.92 Å². The normalized spacial score (nSPS) is 14.6. The second kappa shape index (κ2) is 8.27. The molecule has 0 unspecified atom stereocenters. The van der Waals surface area contributed by atoms with E-state index in [0.29, 0.717) is 12.3 Å². The number of nitrogens with zero attached hydrogens (tertiary/aromatic N) is 1. The van der Waals surface area contributed by atoms with Crippen LogP contribution in [-0.2, 0) is 4.79 Å². The molecule has 2 N–H and O–H groups in total. The van der Waals surface area contributed by atoms with Gasteiger partial charge in [-0.15, -0.1) is 11.8 Å². The van der Waals surface area contributed by atoms with Gasteiger partial charge in [-0.1, -0.05) is 12.1 Å². The van der Waals surface area contributed by atoms with Crippen LogP contribution >= 0.6 is 11.8 Å². The molecular formula is C19H22N2O3S. The highest BCUT2D eigenvalue weighted by Gasteiger charge is 2.19. The topological polar surface area (TPSA) is 61.8 Å². The standard InChI is InChI=1S/C19H22N2O3S/c1-14(22)20-15-6-8-17(9-7-15)24-13-16(23)12-21-10-11-25-19-5-3-2-4-18(19)21/h2-9,16,23H,10-13H2,1H3,(H,20,22)/t16-/m0/s1. The Kier molecular flexibility index (Phi) is 5.83. The van der Waals surface area contributed by atoms with Gasteiger partial charge < -0.3 is 20.1 Å². The Hall–Kier alpha value is -2.18. The lowest BCUT2D eigenvalue weighted by molar-refractivity contribution is -0.114. The number of aliphatic hydroxyl groups is 1. The van der Waals surface area contributed by atoms with Gasteiger partial charge >= 0.3 is 0 Å². The number of para-hydroxylation sites is 1. The first-order valence-electron chi connectivity index (χ1n) is 8.27. The SMILES string of the molecule is CC(=O)Nc1ccc(OC[C@@H](O)CN2CCSc3ccccc32)cc1. The van der Waals surface area contributed by atoms with Gasteiger partial charge in [0.25, 0.3) is 0 Å². The number of amides is 1. The Morgan fingerprint density at radius 2 is 2.04 bits per heavy atom. The predicted molar refractivity (Wildman–Crippen MR) is 102 cm³/mol. The number of hydrogen-bond donors (Lipinski definition) is 2. The molecule has 1 aliphatic rings. The smallest absolute Gasteiger partial charge is 0.221 e. The summed E-state index contributed by atoms with van der Waals surface area (Å²) in [5.41, 5.74) is 1.90. The van der Waals surface area contributed by atoms with Gasteiger partial charge in [0.05, 0.1) is 5.69 Å². The average molecular weight is 358 g/mol. The first-order chi connectivity index (χ1) is 12.1. The third-order valence-corrected chi connectivity index (χ3v) is 4.92. The van der Waals surface area contributed by atoms with Crippen LogP contribution in [0.5, 0.6) is 5.75 Å².